The van der Waals surface area contributed by atoms with Gasteiger partial charge in [0.1, 0.15) is 12.3 Å². The lowest BCUT2D eigenvalue weighted by atomic mass is 9.73. The van der Waals surface area contributed by atoms with E-state index in [1.165, 1.54) is 5.57 Å². The standard InChI is InChI=1S/C20H27F2N/c21-17-8-4-15(5-9-17)20(16-6-10-18(22)11-7-16)13-12-19-3-1-2-14-23-19/h1-3,13-18H,4-12H2. The molecule has 2 aliphatic carbocycles. The van der Waals surface area contributed by atoms with Crippen LogP contribution in [0.2, 0.25) is 0 Å². The van der Waals surface area contributed by atoms with Crippen molar-refractivity contribution in [1.82, 2.24) is 4.98 Å². The third-order valence-electron chi connectivity index (χ3n) is 5.53. The molecule has 0 atom stereocenters. The summed E-state index contributed by atoms with van der Waals surface area (Å²) in [5, 5.41) is 0. The first-order valence-electron chi connectivity index (χ1n) is 9.10. The van der Waals surface area contributed by atoms with E-state index in [0.29, 0.717) is 37.5 Å². The van der Waals surface area contributed by atoms with Crippen molar-refractivity contribution < 1.29 is 8.78 Å². The van der Waals surface area contributed by atoms with E-state index in [4.69, 9.17) is 0 Å². The molecule has 3 heteroatoms. The molecule has 0 aromatic carbocycles. The number of hydrogen-bond acceptors (Lipinski definition) is 1. The van der Waals surface area contributed by atoms with Gasteiger partial charge < -0.3 is 0 Å². The van der Waals surface area contributed by atoms with Gasteiger partial charge in [0.2, 0.25) is 0 Å². The highest BCUT2D eigenvalue weighted by Crippen LogP contribution is 2.40. The number of rotatable bonds is 4. The summed E-state index contributed by atoms with van der Waals surface area (Å²) in [6, 6.07) is 5.99. The summed E-state index contributed by atoms with van der Waals surface area (Å²) in [6.45, 7) is 0. The second-order valence-corrected chi connectivity index (χ2v) is 7.13. The molecule has 23 heavy (non-hydrogen) atoms. The summed E-state index contributed by atoms with van der Waals surface area (Å²) in [5.41, 5.74) is 2.54. The summed E-state index contributed by atoms with van der Waals surface area (Å²) < 4.78 is 27.0. The molecule has 1 nitrogen and oxygen atoms in total. The lowest BCUT2D eigenvalue weighted by molar-refractivity contribution is 0.191. The predicted molar refractivity (Wildman–Crippen MR) is 89.7 cm³/mol. The zero-order valence-corrected chi connectivity index (χ0v) is 13.8. The van der Waals surface area contributed by atoms with E-state index in [9.17, 15) is 8.78 Å². The molecule has 2 fully saturated rings. The van der Waals surface area contributed by atoms with Crippen molar-refractivity contribution in [3.8, 4) is 0 Å². The second-order valence-electron chi connectivity index (χ2n) is 7.13. The first-order valence-corrected chi connectivity index (χ1v) is 9.10. The van der Waals surface area contributed by atoms with Gasteiger partial charge in [0, 0.05) is 18.3 Å². The van der Waals surface area contributed by atoms with Gasteiger partial charge in [-0.1, -0.05) is 17.7 Å². The lowest BCUT2D eigenvalue weighted by Crippen LogP contribution is -2.24. The van der Waals surface area contributed by atoms with Crippen LogP contribution in [0.5, 0.6) is 0 Å². The molecule has 0 saturated heterocycles. The SMILES string of the molecule is FC1CCC(C(=CCc2ccccn2)C2CCC(F)CC2)CC1. The maximum Gasteiger partial charge on any atom is 0.100 e. The molecule has 126 valence electrons. The minimum absolute atomic E-state index is 0.492. The van der Waals surface area contributed by atoms with Crippen LogP contribution in [0, 0.1) is 11.8 Å². The molecular formula is C20H27F2N. The molecule has 2 saturated carbocycles. The molecule has 0 bridgehead atoms. The van der Waals surface area contributed by atoms with Crippen LogP contribution < -0.4 is 0 Å². The van der Waals surface area contributed by atoms with Gasteiger partial charge in [-0.05, 0) is 75.3 Å². The Labute approximate surface area is 138 Å². The molecule has 1 aromatic rings. The Morgan fingerprint density at radius 3 is 1.96 bits per heavy atom. The Morgan fingerprint density at radius 2 is 1.48 bits per heavy atom. The topological polar surface area (TPSA) is 12.9 Å². The van der Waals surface area contributed by atoms with Gasteiger partial charge in [-0.25, -0.2) is 8.78 Å². The van der Waals surface area contributed by atoms with Crippen molar-refractivity contribution in [3.05, 3.63) is 41.7 Å². The van der Waals surface area contributed by atoms with E-state index in [1.54, 1.807) is 0 Å². The molecule has 0 aliphatic heterocycles. The fraction of sp³-hybridized carbons (Fsp3) is 0.650. The first kappa shape index (κ1) is 16.6. The third kappa shape index (κ3) is 4.62. The fourth-order valence-corrected chi connectivity index (χ4v) is 4.18. The summed E-state index contributed by atoms with van der Waals surface area (Å²) in [4.78, 5) is 4.40. The molecule has 1 aromatic heterocycles. The Balaban J connectivity index is 1.72. The maximum atomic E-state index is 13.5. The summed E-state index contributed by atoms with van der Waals surface area (Å²) in [7, 11) is 0. The van der Waals surface area contributed by atoms with Crippen molar-refractivity contribution in [2.75, 3.05) is 0 Å². The molecule has 0 spiro atoms. The first-order chi connectivity index (χ1) is 11.2. The highest BCUT2D eigenvalue weighted by molar-refractivity contribution is 5.17. The van der Waals surface area contributed by atoms with Gasteiger partial charge in [-0.3, -0.25) is 4.98 Å². The number of allylic oxidation sites excluding steroid dienone is 2. The molecular weight excluding hydrogens is 292 g/mol. The van der Waals surface area contributed by atoms with Crippen molar-refractivity contribution in [2.24, 2.45) is 11.8 Å². The van der Waals surface area contributed by atoms with Gasteiger partial charge >= 0.3 is 0 Å². The van der Waals surface area contributed by atoms with Crippen molar-refractivity contribution in [2.45, 2.75) is 70.1 Å². The Kier molecular flexibility index (Phi) is 5.80. The van der Waals surface area contributed by atoms with Crippen LogP contribution in [0.25, 0.3) is 0 Å². The molecule has 0 N–H and O–H groups in total. The Hall–Kier alpha value is -1.25. The molecule has 0 unspecified atom stereocenters. The van der Waals surface area contributed by atoms with Crippen LogP contribution >= 0.6 is 0 Å². The van der Waals surface area contributed by atoms with Crippen LogP contribution in [0.1, 0.15) is 57.1 Å². The number of halogens is 2. The quantitative estimate of drug-likeness (QED) is 0.658. The maximum absolute atomic E-state index is 13.5. The minimum Gasteiger partial charge on any atom is -0.261 e. The average Bonchev–Trinajstić information content (AvgIpc) is 2.59. The smallest absolute Gasteiger partial charge is 0.100 e. The van der Waals surface area contributed by atoms with Crippen molar-refractivity contribution in [3.63, 3.8) is 0 Å². The fourth-order valence-electron chi connectivity index (χ4n) is 4.18. The zero-order valence-electron chi connectivity index (χ0n) is 13.8. The molecule has 3 rings (SSSR count). The van der Waals surface area contributed by atoms with Crippen LogP contribution in [0.15, 0.2) is 36.0 Å². The number of hydrogen-bond donors (Lipinski definition) is 0. The Bertz CT molecular complexity index is 474. The predicted octanol–water partition coefficient (Wildman–Crippen LogP) is 5.61. The zero-order chi connectivity index (χ0) is 16.1. The van der Waals surface area contributed by atoms with E-state index < -0.39 is 12.3 Å². The molecule has 2 aliphatic rings. The van der Waals surface area contributed by atoms with E-state index in [2.05, 4.69) is 11.1 Å². The summed E-state index contributed by atoms with van der Waals surface area (Å²) >= 11 is 0. The Morgan fingerprint density at radius 1 is 0.913 bits per heavy atom. The lowest BCUT2D eigenvalue weighted by Gasteiger charge is -2.34. The minimum atomic E-state index is -0.620. The molecule has 0 amide bonds. The van der Waals surface area contributed by atoms with Gasteiger partial charge in [-0.2, -0.15) is 0 Å². The van der Waals surface area contributed by atoms with Gasteiger partial charge in [0.15, 0.2) is 0 Å². The summed E-state index contributed by atoms with van der Waals surface area (Å²) in [5.74, 6) is 0.985. The molecule has 1 heterocycles. The number of pyridine rings is 1. The van der Waals surface area contributed by atoms with Crippen LogP contribution in [-0.2, 0) is 6.42 Å². The number of alkyl halides is 2. The highest BCUT2D eigenvalue weighted by Gasteiger charge is 2.30. The van der Waals surface area contributed by atoms with E-state index in [0.717, 1.165) is 37.8 Å². The average molecular weight is 319 g/mol. The second kappa shape index (κ2) is 8.03. The van der Waals surface area contributed by atoms with Gasteiger partial charge in [0.05, 0.1) is 0 Å². The number of nitrogens with zero attached hydrogens (tertiary/aromatic N) is 1. The third-order valence-corrected chi connectivity index (χ3v) is 5.53. The van der Waals surface area contributed by atoms with Crippen molar-refractivity contribution >= 4 is 0 Å². The van der Waals surface area contributed by atoms with E-state index in [-0.39, 0.29) is 0 Å². The number of aromatic nitrogens is 1. The monoisotopic (exact) mass is 319 g/mol. The normalized spacial score (nSPS) is 31.6. The van der Waals surface area contributed by atoms with Crippen LogP contribution in [0.4, 0.5) is 8.78 Å². The van der Waals surface area contributed by atoms with Crippen LogP contribution in [-0.4, -0.2) is 17.3 Å². The highest BCUT2D eigenvalue weighted by atomic mass is 19.1. The van der Waals surface area contributed by atoms with Gasteiger partial charge in [0.25, 0.3) is 0 Å². The largest absolute Gasteiger partial charge is 0.261 e. The summed E-state index contributed by atoms with van der Waals surface area (Å²) in [6.07, 6.45) is 10.3. The van der Waals surface area contributed by atoms with Crippen LogP contribution in [0.3, 0.4) is 0 Å². The van der Waals surface area contributed by atoms with E-state index >= 15 is 0 Å². The van der Waals surface area contributed by atoms with Crippen molar-refractivity contribution in [1.29, 1.82) is 0 Å². The van der Waals surface area contributed by atoms with E-state index in [1.807, 2.05) is 24.4 Å². The van der Waals surface area contributed by atoms with Gasteiger partial charge in [-0.15, -0.1) is 0 Å². The molecule has 0 radical (unpaired) electrons.